The summed E-state index contributed by atoms with van der Waals surface area (Å²) in [6, 6.07) is 5.98. The number of sulfonamides is 1. The Balaban J connectivity index is 2.50. The molecule has 1 aromatic rings. The van der Waals surface area contributed by atoms with Gasteiger partial charge < -0.3 is 9.64 Å². The molecule has 20 heavy (non-hydrogen) atoms. The highest BCUT2D eigenvalue weighted by Crippen LogP contribution is 2.28. The van der Waals surface area contributed by atoms with Gasteiger partial charge in [-0.3, -0.25) is 10.1 Å². The van der Waals surface area contributed by atoms with Crippen LogP contribution in [0.15, 0.2) is 29.2 Å². The Morgan fingerprint density at radius 1 is 1.45 bits per heavy atom. The second kappa shape index (κ2) is 5.35. The highest BCUT2D eigenvalue weighted by atomic mass is 32.2. The minimum atomic E-state index is -3.95. The van der Waals surface area contributed by atoms with Crippen molar-refractivity contribution in [2.75, 3.05) is 18.1 Å². The second-order valence-electron chi connectivity index (χ2n) is 4.58. The molecule has 2 N–H and O–H groups in total. The largest absolute Gasteiger partial charge is 0.367 e. The van der Waals surface area contributed by atoms with Crippen LogP contribution >= 0.6 is 0 Å². The molecule has 0 aromatic heterocycles. The van der Waals surface area contributed by atoms with E-state index in [9.17, 15) is 18.5 Å². The van der Waals surface area contributed by atoms with Crippen LogP contribution in [-0.2, 0) is 14.8 Å². The molecule has 0 radical (unpaired) electrons. The number of primary sulfonamides is 1. The first-order chi connectivity index (χ1) is 9.30. The number of nitrogens with two attached hydrogens (primary N) is 1. The molecule has 0 amide bonds. The monoisotopic (exact) mass is 301 g/mol. The normalized spacial score (nSPS) is 23.6. The van der Waals surface area contributed by atoms with E-state index in [2.05, 4.69) is 0 Å². The summed E-state index contributed by atoms with van der Waals surface area (Å²) in [5.74, 6) is 0. The summed E-state index contributed by atoms with van der Waals surface area (Å²) in [5.41, 5.74) is 0.229. The third-order valence-electron chi connectivity index (χ3n) is 3.07. The van der Waals surface area contributed by atoms with E-state index in [0.29, 0.717) is 0 Å². The van der Waals surface area contributed by atoms with Crippen molar-refractivity contribution in [3.8, 4) is 0 Å². The molecule has 0 spiro atoms. The smallest absolute Gasteiger partial charge is 0.310 e. The van der Waals surface area contributed by atoms with Gasteiger partial charge in [-0.25, -0.2) is 13.6 Å². The second-order valence-corrected chi connectivity index (χ2v) is 6.10. The molecule has 2 unspecified atom stereocenters. The van der Waals surface area contributed by atoms with E-state index in [0.717, 1.165) is 0 Å². The summed E-state index contributed by atoms with van der Waals surface area (Å²) in [6.45, 7) is 1.88. The third-order valence-corrected chi connectivity index (χ3v) is 4.03. The quantitative estimate of drug-likeness (QED) is 0.628. The van der Waals surface area contributed by atoms with Crippen LogP contribution in [-0.4, -0.2) is 38.8 Å². The molecule has 1 heterocycles. The molecule has 2 atom stereocenters. The molecule has 1 saturated heterocycles. The Hall–Kier alpha value is -1.71. The van der Waals surface area contributed by atoms with Gasteiger partial charge in [0, 0.05) is 4.92 Å². The van der Waals surface area contributed by atoms with Crippen LogP contribution in [0.25, 0.3) is 0 Å². The lowest BCUT2D eigenvalue weighted by molar-refractivity contribution is -0.529. The predicted octanol–water partition coefficient (Wildman–Crippen LogP) is 0.162. The minimum Gasteiger partial charge on any atom is -0.367 e. The van der Waals surface area contributed by atoms with Gasteiger partial charge >= 0.3 is 6.17 Å². The van der Waals surface area contributed by atoms with Crippen molar-refractivity contribution in [2.45, 2.75) is 24.1 Å². The van der Waals surface area contributed by atoms with Gasteiger partial charge in [0.1, 0.15) is 11.5 Å². The minimum absolute atomic E-state index is 0.104. The van der Waals surface area contributed by atoms with E-state index >= 15 is 0 Å². The number of nitrogens with zero attached hydrogens (tertiary/aromatic N) is 2. The van der Waals surface area contributed by atoms with Crippen molar-refractivity contribution >= 4 is 15.7 Å². The van der Waals surface area contributed by atoms with Gasteiger partial charge in [-0.15, -0.1) is 0 Å². The van der Waals surface area contributed by atoms with Crippen LogP contribution < -0.4 is 10.0 Å². The fourth-order valence-electron chi connectivity index (χ4n) is 2.16. The Morgan fingerprint density at radius 2 is 2.10 bits per heavy atom. The highest BCUT2D eigenvalue weighted by molar-refractivity contribution is 7.89. The lowest BCUT2D eigenvalue weighted by Crippen LogP contribution is -2.53. The number of morpholine rings is 1. The molecule has 0 saturated carbocycles. The van der Waals surface area contributed by atoms with Gasteiger partial charge in [0.05, 0.1) is 18.3 Å². The zero-order chi connectivity index (χ0) is 14.9. The average Bonchev–Trinajstić information content (AvgIpc) is 2.37. The summed E-state index contributed by atoms with van der Waals surface area (Å²) in [7, 11) is -3.95. The van der Waals surface area contributed by atoms with E-state index in [1.165, 1.54) is 23.1 Å². The number of ether oxygens (including phenoxy) is 1. The van der Waals surface area contributed by atoms with Crippen molar-refractivity contribution in [3.63, 3.8) is 0 Å². The number of rotatable bonds is 3. The first-order valence-electron chi connectivity index (χ1n) is 5.94. The van der Waals surface area contributed by atoms with Crippen LogP contribution in [0.5, 0.6) is 0 Å². The zero-order valence-corrected chi connectivity index (χ0v) is 11.6. The maximum absolute atomic E-state index is 11.6. The third kappa shape index (κ3) is 2.89. The van der Waals surface area contributed by atoms with Crippen LogP contribution in [0.2, 0.25) is 0 Å². The molecular weight excluding hydrogens is 286 g/mol. The molecule has 110 valence electrons. The Kier molecular flexibility index (Phi) is 3.93. The summed E-state index contributed by atoms with van der Waals surface area (Å²) >= 11 is 0. The van der Waals surface area contributed by atoms with Crippen LogP contribution in [0, 0.1) is 10.1 Å². The van der Waals surface area contributed by atoms with Crippen molar-refractivity contribution < 1.29 is 18.1 Å². The van der Waals surface area contributed by atoms with E-state index in [1.54, 1.807) is 13.0 Å². The van der Waals surface area contributed by atoms with E-state index < -0.39 is 21.1 Å². The van der Waals surface area contributed by atoms with Crippen LogP contribution in [0.3, 0.4) is 0 Å². The number of anilines is 1. The molecule has 9 heteroatoms. The predicted molar refractivity (Wildman–Crippen MR) is 71.4 cm³/mol. The van der Waals surface area contributed by atoms with Gasteiger partial charge in [-0.1, -0.05) is 12.1 Å². The van der Waals surface area contributed by atoms with Gasteiger partial charge in [0.2, 0.25) is 10.0 Å². The van der Waals surface area contributed by atoms with Crippen LogP contribution in [0.4, 0.5) is 5.69 Å². The standard InChI is InChI=1S/C11H15N3O5S/c1-8-6-13(11(7-19-8)14(15)16)9-4-2-3-5-10(9)20(12,17)18/h2-5,8,11H,6-7H2,1H3,(H2,12,17,18). The Morgan fingerprint density at radius 3 is 2.70 bits per heavy atom. The summed E-state index contributed by atoms with van der Waals surface area (Å²) in [4.78, 5) is 11.9. The Labute approximate surface area is 116 Å². The van der Waals surface area contributed by atoms with Crippen molar-refractivity contribution in [1.29, 1.82) is 0 Å². The van der Waals surface area contributed by atoms with Gasteiger partial charge in [0.25, 0.3) is 0 Å². The average molecular weight is 301 g/mol. The Bertz CT molecular complexity index is 618. The number of nitro groups is 1. The fourth-order valence-corrected chi connectivity index (χ4v) is 2.91. The topological polar surface area (TPSA) is 116 Å². The molecule has 1 aliphatic rings. The summed E-state index contributed by atoms with van der Waals surface area (Å²) in [5, 5.41) is 16.3. The van der Waals surface area contributed by atoms with Gasteiger partial charge in [-0.05, 0) is 19.1 Å². The van der Waals surface area contributed by atoms with Gasteiger partial charge in [0.15, 0.2) is 0 Å². The van der Waals surface area contributed by atoms with E-state index in [1.807, 2.05) is 0 Å². The van der Waals surface area contributed by atoms with E-state index in [4.69, 9.17) is 9.88 Å². The highest BCUT2D eigenvalue weighted by Gasteiger charge is 2.37. The van der Waals surface area contributed by atoms with Crippen LogP contribution in [0.1, 0.15) is 6.92 Å². The first kappa shape index (κ1) is 14.7. The maximum atomic E-state index is 11.6. The number of para-hydroxylation sites is 1. The lowest BCUT2D eigenvalue weighted by atomic mass is 10.2. The molecule has 0 bridgehead atoms. The van der Waals surface area contributed by atoms with Crippen molar-refractivity contribution in [1.82, 2.24) is 0 Å². The summed E-state index contributed by atoms with van der Waals surface area (Å²) < 4.78 is 28.5. The molecule has 0 aliphatic carbocycles. The van der Waals surface area contributed by atoms with Crippen molar-refractivity contribution in [3.05, 3.63) is 34.4 Å². The van der Waals surface area contributed by atoms with Gasteiger partial charge in [-0.2, -0.15) is 0 Å². The van der Waals surface area contributed by atoms with Crippen molar-refractivity contribution in [2.24, 2.45) is 5.14 Å². The molecule has 8 nitrogen and oxygen atoms in total. The lowest BCUT2D eigenvalue weighted by Gasteiger charge is -2.35. The zero-order valence-electron chi connectivity index (χ0n) is 10.8. The molecule has 1 aliphatic heterocycles. The first-order valence-corrected chi connectivity index (χ1v) is 7.49. The number of hydrogen-bond acceptors (Lipinski definition) is 6. The molecule has 2 rings (SSSR count). The fraction of sp³-hybridized carbons (Fsp3) is 0.455. The number of benzene rings is 1. The molecular formula is C11H15N3O5S. The molecule has 1 fully saturated rings. The SMILES string of the molecule is CC1CN(c2ccccc2S(N)(=O)=O)C([N+](=O)[O-])CO1. The summed E-state index contributed by atoms with van der Waals surface area (Å²) in [6.07, 6.45) is -1.37. The molecule has 1 aromatic carbocycles. The van der Waals surface area contributed by atoms with E-state index in [-0.39, 0.29) is 29.8 Å². The number of hydrogen-bond donors (Lipinski definition) is 1. The maximum Gasteiger partial charge on any atom is 0.310 e.